The molecule has 2 rings (SSSR count). The lowest BCUT2D eigenvalue weighted by Crippen LogP contribution is -2.52. The molecule has 90 valence electrons. The van der Waals surface area contributed by atoms with Crippen molar-refractivity contribution in [3.63, 3.8) is 0 Å². The first-order valence-corrected chi connectivity index (χ1v) is 5.96. The van der Waals surface area contributed by atoms with Crippen molar-refractivity contribution in [2.45, 2.75) is 19.9 Å². The van der Waals surface area contributed by atoms with E-state index >= 15 is 0 Å². The van der Waals surface area contributed by atoms with Crippen LogP contribution in [0.25, 0.3) is 0 Å². The zero-order chi connectivity index (χ0) is 12.7. The van der Waals surface area contributed by atoms with Gasteiger partial charge in [0, 0.05) is 14.0 Å². The number of nitrogens with zero attached hydrogens (tertiary/aromatic N) is 3. The molecule has 0 saturated carbocycles. The maximum Gasteiger partial charge on any atom is 0.249 e. The highest BCUT2D eigenvalue weighted by molar-refractivity contribution is 9.10. The number of anilines is 2. The predicted molar refractivity (Wildman–Crippen MR) is 68.0 cm³/mol. The second kappa shape index (κ2) is 4.10. The first-order chi connectivity index (χ1) is 7.93. The summed E-state index contributed by atoms with van der Waals surface area (Å²) < 4.78 is 0.637. The Morgan fingerprint density at radius 3 is 2.71 bits per heavy atom. The van der Waals surface area contributed by atoms with Crippen molar-refractivity contribution in [1.29, 1.82) is 0 Å². The number of hydrogen-bond acceptors (Lipinski definition) is 3. The number of amides is 2. The monoisotopic (exact) mass is 297 g/mol. The Morgan fingerprint density at radius 1 is 1.47 bits per heavy atom. The summed E-state index contributed by atoms with van der Waals surface area (Å²) in [6.07, 6.45) is 0. The normalized spacial score (nSPS) is 19.3. The van der Waals surface area contributed by atoms with E-state index in [2.05, 4.69) is 20.9 Å². The highest BCUT2D eigenvalue weighted by atomic mass is 79.9. The molecule has 5 nitrogen and oxygen atoms in total. The third kappa shape index (κ3) is 1.82. The molecule has 1 aromatic rings. The summed E-state index contributed by atoms with van der Waals surface area (Å²) in [6.45, 7) is 3.13. The second-order valence-electron chi connectivity index (χ2n) is 3.94. The quantitative estimate of drug-likeness (QED) is 0.683. The molecule has 1 aromatic heterocycles. The highest BCUT2D eigenvalue weighted by Gasteiger charge is 2.36. The maximum atomic E-state index is 12.0. The Labute approximate surface area is 108 Å². The van der Waals surface area contributed by atoms with Gasteiger partial charge in [0.15, 0.2) is 5.82 Å². The molecule has 1 atom stereocenters. The SMILES string of the molecule is CC(=O)N1c2nc(Br)ccc2N(C)C(=O)[C@H]1C. The lowest BCUT2D eigenvalue weighted by Gasteiger charge is -2.37. The molecule has 0 unspecified atom stereocenters. The van der Waals surface area contributed by atoms with Crippen LogP contribution in [0, 0.1) is 0 Å². The molecule has 0 aliphatic carbocycles. The van der Waals surface area contributed by atoms with Crippen LogP contribution in [-0.4, -0.2) is 29.9 Å². The number of halogens is 1. The van der Waals surface area contributed by atoms with Gasteiger partial charge in [-0.25, -0.2) is 4.98 Å². The number of rotatable bonds is 0. The molecule has 2 amide bonds. The zero-order valence-electron chi connectivity index (χ0n) is 9.77. The number of carbonyl (C=O) groups excluding carboxylic acids is 2. The summed E-state index contributed by atoms with van der Waals surface area (Å²) in [4.78, 5) is 30.8. The molecule has 0 N–H and O–H groups in total. The number of aromatic nitrogens is 1. The van der Waals surface area contributed by atoms with E-state index in [0.717, 1.165) is 0 Å². The Kier molecular flexibility index (Phi) is 2.91. The Bertz CT molecular complexity index is 503. The van der Waals surface area contributed by atoms with Gasteiger partial charge in [-0.1, -0.05) is 0 Å². The van der Waals surface area contributed by atoms with E-state index in [0.29, 0.717) is 16.1 Å². The van der Waals surface area contributed by atoms with E-state index in [-0.39, 0.29) is 11.8 Å². The standard InChI is InChI=1S/C11H12BrN3O2/c1-6-11(17)14(3)8-4-5-9(12)13-10(8)15(6)7(2)16/h4-6H,1-3H3/t6-/m1/s1. The summed E-state index contributed by atoms with van der Waals surface area (Å²) >= 11 is 3.27. The molecular weight excluding hydrogens is 286 g/mol. The van der Waals surface area contributed by atoms with Crippen LogP contribution in [0.15, 0.2) is 16.7 Å². The van der Waals surface area contributed by atoms with Gasteiger partial charge in [-0.05, 0) is 35.0 Å². The first-order valence-electron chi connectivity index (χ1n) is 5.17. The molecule has 0 radical (unpaired) electrons. The highest BCUT2D eigenvalue weighted by Crippen LogP contribution is 2.34. The van der Waals surface area contributed by atoms with Gasteiger partial charge in [-0.15, -0.1) is 0 Å². The fraction of sp³-hybridized carbons (Fsp3) is 0.364. The molecule has 0 aromatic carbocycles. The molecule has 0 spiro atoms. The maximum absolute atomic E-state index is 12.0. The average Bonchev–Trinajstić information content (AvgIpc) is 2.25. The van der Waals surface area contributed by atoms with Crippen molar-refractivity contribution in [2.24, 2.45) is 0 Å². The lowest BCUT2D eigenvalue weighted by molar-refractivity contribution is -0.124. The van der Waals surface area contributed by atoms with Crippen molar-refractivity contribution in [2.75, 3.05) is 16.8 Å². The molecular formula is C11H12BrN3O2. The Morgan fingerprint density at radius 2 is 2.12 bits per heavy atom. The molecule has 17 heavy (non-hydrogen) atoms. The summed E-state index contributed by atoms with van der Waals surface area (Å²) in [7, 11) is 1.69. The summed E-state index contributed by atoms with van der Waals surface area (Å²) in [6, 6.07) is 3.00. The predicted octanol–water partition coefficient (Wildman–Crippen LogP) is 1.56. The fourth-order valence-electron chi connectivity index (χ4n) is 1.97. The van der Waals surface area contributed by atoms with Gasteiger partial charge in [0.1, 0.15) is 10.6 Å². The number of fused-ring (bicyclic) bond motifs is 1. The van der Waals surface area contributed by atoms with Crippen molar-refractivity contribution in [3.8, 4) is 0 Å². The molecule has 1 aliphatic rings. The van der Waals surface area contributed by atoms with E-state index in [9.17, 15) is 9.59 Å². The fourth-order valence-corrected chi connectivity index (χ4v) is 2.27. The zero-order valence-corrected chi connectivity index (χ0v) is 11.4. The van der Waals surface area contributed by atoms with Crippen molar-refractivity contribution < 1.29 is 9.59 Å². The third-order valence-electron chi connectivity index (χ3n) is 2.82. The third-order valence-corrected chi connectivity index (χ3v) is 3.27. The largest absolute Gasteiger partial charge is 0.310 e. The number of likely N-dealkylation sites (N-methyl/N-ethyl adjacent to an activating group) is 1. The van der Waals surface area contributed by atoms with Crippen LogP contribution in [-0.2, 0) is 9.59 Å². The number of carbonyl (C=O) groups is 2. The molecule has 0 fully saturated rings. The van der Waals surface area contributed by atoms with Crippen LogP contribution < -0.4 is 9.80 Å². The van der Waals surface area contributed by atoms with Crippen LogP contribution in [0.2, 0.25) is 0 Å². The topological polar surface area (TPSA) is 53.5 Å². The first kappa shape index (κ1) is 12.0. The smallest absolute Gasteiger partial charge is 0.249 e. The van der Waals surface area contributed by atoms with Crippen molar-refractivity contribution >= 4 is 39.2 Å². The Balaban J connectivity index is 2.65. The van der Waals surface area contributed by atoms with Gasteiger partial charge >= 0.3 is 0 Å². The molecule has 6 heteroatoms. The van der Waals surface area contributed by atoms with Crippen LogP contribution in [0.4, 0.5) is 11.5 Å². The van der Waals surface area contributed by atoms with Gasteiger partial charge in [0.05, 0.1) is 5.69 Å². The van der Waals surface area contributed by atoms with Crippen molar-refractivity contribution in [1.82, 2.24) is 4.98 Å². The van der Waals surface area contributed by atoms with Crippen LogP contribution in [0.3, 0.4) is 0 Å². The van der Waals surface area contributed by atoms with Gasteiger partial charge in [0.25, 0.3) is 0 Å². The second-order valence-corrected chi connectivity index (χ2v) is 4.75. The van der Waals surface area contributed by atoms with Crippen LogP contribution in [0.1, 0.15) is 13.8 Å². The minimum atomic E-state index is -0.521. The molecule has 1 aliphatic heterocycles. The summed E-state index contributed by atoms with van der Waals surface area (Å²) in [5.74, 6) is 0.212. The van der Waals surface area contributed by atoms with E-state index in [1.165, 1.54) is 16.7 Å². The van der Waals surface area contributed by atoms with Crippen LogP contribution >= 0.6 is 15.9 Å². The van der Waals surface area contributed by atoms with Gasteiger partial charge in [0.2, 0.25) is 11.8 Å². The minimum absolute atomic E-state index is 0.114. The van der Waals surface area contributed by atoms with Gasteiger partial charge < -0.3 is 4.90 Å². The van der Waals surface area contributed by atoms with E-state index < -0.39 is 6.04 Å². The average molecular weight is 298 g/mol. The van der Waals surface area contributed by atoms with E-state index in [4.69, 9.17) is 0 Å². The molecule has 0 bridgehead atoms. The van der Waals surface area contributed by atoms with Crippen LogP contribution in [0.5, 0.6) is 0 Å². The summed E-state index contributed by atoms with van der Waals surface area (Å²) in [5.41, 5.74) is 0.645. The number of hydrogen-bond donors (Lipinski definition) is 0. The van der Waals surface area contributed by atoms with Gasteiger partial charge in [-0.2, -0.15) is 0 Å². The molecule has 2 heterocycles. The van der Waals surface area contributed by atoms with E-state index in [1.54, 1.807) is 26.1 Å². The van der Waals surface area contributed by atoms with Gasteiger partial charge in [-0.3, -0.25) is 14.5 Å². The Hall–Kier alpha value is -1.43. The van der Waals surface area contributed by atoms with E-state index in [1.807, 2.05) is 0 Å². The minimum Gasteiger partial charge on any atom is -0.310 e. The lowest BCUT2D eigenvalue weighted by atomic mass is 10.1. The van der Waals surface area contributed by atoms with Crippen molar-refractivity contribution in [3.05, 3.63) is 16.7 Å². The summed E-state index contributed by atoms with van der Waals surface area (Å²) in [5, 5.41) is 0. The molecule has 0 saturated heterocycles. The number of pyridine rings is 1.